The van der Waals surface area contributed by atoms with Crippen LogP contribution in [0.5, 0.6) is 11.5 Å². The van der Waals surface area contributed by atoms with Crippen molar-refractivity contribution in [3.05, 3.63) is 42.0 Å². The lowest BCUT2D eigenvalue weighted by molar-refractivity contribution is 0.289. The predicted octanol–water partition coefficient (Wildman–Crippen LogP) is 1.51. The molecule has 19 heavy (non-hydrogen) atoms. The summed E-state index contributed by atoms with van der Waals surface area (Å²) in [5, 5.41) is 0. The number of rotatable bonds is 6. The number of nitrogens with zero attached hydrogens (tertiary/aromatic N) is 2. The average Bonchev–Trinajstić information content (AvgIpc) is 2.78. The molecule has 5 heteroatoms. The lowest BCUT2D eigenvalue weighted by Gasteiger charge is -2.08. The second kappa shape index (κ2) is 6.24. The SMILES string of the molecule is COc1cccc(OCc2ncc(CCN)n2C)c1. The van der Waals surface area contributed by atoms with Crippen LogP contribution in [0.1, 0.15) is 11.5 Å². The molecule has 0 aliphatic carbocycles. The van der Waals surface area contributed by atoms with E-state index in [4.69, 9.17) is 15.2 Å². The minimum atomic E-state index is 0.425. The van der Waals surface area contributed by atoms with Crippen LogP contribution in [-0.4, -0.2) is 23.2 Å². The van der Waals surface area contributed by atoms with Gasteiger partial charge in [0, 0.05) is 31.4 Å². The number of aromatic nitrogens is 2. The van der Waals surface area contributed by atoms with E-state index in [0.717, 1.165) is 29.4 Å². The minimum absolute atomic E-state index is 0.425. The van der Waals surface area contributed by atoms with Gasteiger partial charge in [-0.05, 0) is 18.7 Å². The molecule has 0 unspecified atom stereocenters. The van der Waals surface area contributed by atoms with Crippen LogP contribution >= 0.6 is 0 Å². The van der Waals surface area contributed by atoms with Gasteiger partial charge >= 0.3 is 0 Å². The first-order valence-electron chi connectivity index (χ1n) is 6.21. The molecule has 2 rings (SSSR count). The maximum atomic E-state index is 5.71. The van der Waals surface area contributed by atoms with E-state index in [9.17, 15) is 0 Å². The Bertz CT molecular complexity index is 537. The highest BCUT2D eigenvalue weighted by Crippen LogP contribution is 2.19. The van der Waals surface area contributed by atoms with E-state index in [1.54, 1.807) is 7.11 Å². The van der Waals surface area contributed by atoms with E-state index in [1.807, 2.05) is 42.1 Å². The molecule has 0 bridgehead atoms. The van der Waals surface area contributed by atoms with Gasteiger partial charge < -0.3 is 19.8 Å². The number of ether oxygens (including phenoxy) is 2. The molecule has 0 fully saturated rings. The molecule has 1 aromatic heterocycles. The zero-order valence-electron chi connectivity index (χ0n) is 11.3. The normalized spacial score (nSPS) is 10.5. The van der Waals surface area contributed by atoms with Crippen molar-refractivity contribution in [2.24, 2.45) is 12.8 Å². The zero-order valence-corrected chi connectivity index (χ0v) is 11.3. The van der Waals surface area contributed by atoms with Crippen LogP contribution in [0.15, 0.2) is 30.5 Å². The van der Waals surface area contributed by atoms with Gasteiger partial charge in [0.15, 0.2) is 0 Å². The number of hydrogen-bond donors (Lipinski definition) is 1. The molecule has 0 atom stereocenters. The van der Waals surface area contributed by atoms with Gasteiger partial charge in [-0.2, -0.15) is 0 Å². The maximum Gasteiger partial charge on any atom is 0.146 e. The first-order valence-corrected chi connectivity index (χ1v) is 6.21. The van der Waals surface area contributed by atoms with E-state index in [2.05, 4.69) is 4.98 Å². The maximum absolute atomic E-state index is 5.71. The van der Waals surface area contributed by atoms with Crippen LogP contribution in [0.25, 0.3) is 0 Å². The molecule has 0 saturated heterocycles. The molecular formula is C14H19N3O2. The molecule has 1 aromatic carbocycles. The summed E-state index contributed by atoms with van der Waals surface area (Å²) >= 11 is 0. The number of benzene rings is 1. The van der Waals surface area contributed by atoms with Crippen molar-refractivity contribution in [3.63, 3.8) is 0 Å². The third kappa shape index (κ3) is 3.26. The summed E-state index contributed by atoms with van der Waals surface area (Å²) in [4.78, 5) is 4.34. The standard InChI is InChI=1S/C14H19N3O2/c1-17-11(6-7-15)9-16-14(17)10-19-13-5-3-4-12(8-13)18-2/h3-5,8-9H,6-7,10,15H2,1-2H3. The number of hydrogen-bond acceptors (Lipinski definition) is 4. The van der Waals surface area contributed by atoms with Crippen molar-refractivity contribution in [2.75, 3.05) is 13.7 Å². The average molecular weight is 261 g/mol. The molecule has 0 amide bonds. The summed E-state index contributed by atoms with van der Waals surface area (Å²) in [5.74, 6) is 2.43. The summed E-state index contributed by atoms with van der Waals surface area (Å²) in [6, 6.07) is 7.52. The van der Waals surface area contributed by atoms with Gasteiger partial charge in [0.2, 0.25) is 0 Å². The van der Waals surface area contributed by atoms with Gasteiger partial charge in [0.05, 0.1) is 7.11 Å². The summed E-state index contributed by atoms with van der Waals surface area (Å²) in [6.45, 7) is 1.05. The van der Waals surface area contributed by atoms with Gasteiger partial charge in [-0.15, -0.1) is 0 Å². The fourth-order valence-electron chi connectivity index (χ4n) is 1.84. The Morgan fingerprint density at radius 3 is 2.84 bits per heavy atom. The fraction of sp³-hybridized carbons (Fsp3) is 0.357. The predicted molar refractivity (Wildman–Crippen MR) is 73.3 cm³/mol. The van der Waals surface area contributed by atoms with Crippen LogP contribution in [0.3, 0.4) is 0 Å². The van der Waals surface area contributed by atoms with Crippen LogP contribution in [0.2, 0.25) is 0 Å². The third-order valence-corrected chi connectivity index (χ3v) is 2.99. The fourth-order valence-corrected chi connectivity index (χ4v) is 1.84. The largest absolute Gasteiger partial charge is 0.497 e. The smallest absolute Gasteiger partial charge is 0.146 e. The van der Waals surface area contributed by atoms with Crippen molar-refractivity contribution < 1.29 is 9.47 Å². The monoisotopic (exact) mass is 261 g/mol. The summed E-state index contributed by atoms with van der Waals surface area (Å²) in [5.41, 5.74) is 6.67. The molecule has 5 nitrogen and oxygen atoms in total. The van der Waals surface area contributed by atoms with Gasteiger partial charge in [0.1, 0.15) is 23.9 Å². The van der Waals surface area contributed by atoms with E-state index in [1.165, 1.54) is 0 Å². The minimum Gasteiger partial charge on any atom is -0.497 e. The Labute approximate surface area is 113 Å². The van der Waals surface area contributed by atoms with Gasteiger partial charge in [-0.25, -0.2) is 4.98 Å². The quantitative estimate of drug-likeness (QED) is 0.856. The van der Waals surface area contributed by atoms with Crippen LogP contribution in [0.4, 0.5) is 0 Å². The van der Waals surface area contributed by atoms with Crippen molar-refractivity contribution in [2.45, 2.75) is 13.0 Å². The molecule has 0 aliphatic heterocycles. The molecular weight excluding hydrogens is 242 g/mol. The molecule has 0 saturated carbocycles. The zero-order chi connectivity index (χ0) is 13.7. The topological polar surface area (TPSA) is 62.3 Å². The lowest BCUT2D eigenvalue weighted by Crippen LogP contribution is -2.09. The van der Waals surface area contributed by atoms with Crippen molar-refractivity contribution in [3.8, 4) is 11.5 Å². The summed E-state index contributed by atoms with van der Waals surface area (Å²) in [6.07, 6.45) is 2.67. The lowest BCUT2D eigenvalue weighted by atomic mass is 10.3. The van der Waals surface area contributed by atoms with E-state index < -0.39 is 0 Å². The van der Waals surface area contributed by atoms with Crippen LogP contribution in [-0.2, 0) is 20.1 Å². The van der Waals surface area contributed by atoms with Crippen molar-refractivity contribution in [1.82, 2.24) is 9.55 Å². The number of methoxy groups -OCH3 is 1. The second-order valence-corrected chi connectivity index (χ2v) is 4.23. The van der Waals surface area contributed by atoms with Gasteiger partial charge in [-0.3, -0.25) is 0 Å². The number of imidazole rings is 1. The second-order valence-electron chi connectivity index (χ2n) is 4.23. The van der Waals surface area contributed by atoms with Crippen molar-refractivity contribution >= 4 is 0 Å². The Morgan fingerprint density at radius 1 is 1.32 bits per heavy atom. The van der Waals surface area contributed by atoms with Gasteiger partial charge in [0.25, 0.3) is 0 Å². The Balaban J connectivity index is 2.01. The van der Waals surface area contributed by atoms with Crippen molar-refractivity contribution in [1.29, 1.82) is 0 Å². The number of nitrogens with two attached hydrogens (primary N) is 1. The van der Waals surface area contributed by atoms with Crippen LogP contribution < -0.4 is 15.2 Å². The molecule has 2 aromatic rings. The van der Waals surface area contributed by atoms with E-state index >= 15 is 0 Å². The molecule has 0 spiro atoms. The van der Waals surface area contributed by atoms with E-state index in [0.29, 0.717) is 13.2 Å². The van der Waals surface area contributed by atoms with E-state index in [-0.39, 0.29) is 0 Å². The molecule has 1 heterocycles. The highest BCUT2D eigenvalue weighted by molar-refractivity contribution is 5.32. The summed E-state index contributed by atoms with van der Waals surface area (Å²) < 4.78 is 12.9. The highest BCUT2D eigenvalue weighted by Gasteiger charge is 2.06. The molecule has 2 N–H and O–H groups in total. The first-order chi connectivity index (χ1) is 9.24. The first kappa shape index (κ1) is 13.4. The Morgan fingerprint density at radius 2 is 2.11 bits per heavy atom. The van der Waals surface area contributed by atoms with Gasteiger partial charge in [-0.1, -0.05) is 6.07 Å². The molecule has 0 aliphatic rings. The highest BCUT2D eigenvalue weighted by atomic mass is 16.5. The van der Waals surface area contributed by atoms with Crippen LogP contribution in [0, 0.1) is 0 Å². The molecule has 102 valence electrons. The third-order valence-electron chi connectivity index (χ3n) is 2.99. The summed E-state index contributed by atoms with van der Waals surface area (Å²) in [7, 11) is 3.61. The molecule has 0 radical (unpaired) electrons. The Kier molecular flexibility index (Phi) is 4.41. The Hall–Kier alpha value is -2.01.